The van der Waals surface area contributed by atoms with E-state index in [0.29, 0.717) is 0 Å². The number of benzene rings is 1. The molecule has 2 N–H and O–H groups in total. The minimum absolute atomic E-state index is 0. The van der Waals surface area contributed by atoms with Gasteiger partial charge in [0.1, 0.15) is 0 Å². The first-order chi connectivity index (χ1) is 8.09. The van der Waals surface area contributed by atoms with Crippen LogP contribution in [0, 0.1) is 0 Å². The lowest BCUT2D eigenvalue weighted by molar-refractivity contribution is -0.130. The SMILES string of the molecule is CN(C)C(=O)CNC(=O)CNc1ccccc1.Cl. The summed E-state index contributed by atoms with van der Waals surface area (Å²) < 4.78 is 0. The molecule has 0 aliphatic carbocycles. The zero-order valence-corrected chi connectivity index (χ0v) is 11.3. The number of rotatable bonds is 5. The van der Waals surface area contributed by atoms with Crippen LogP contribution in [0.5, 0.6) is 0 Å². The van der Waals surface area contributed by atoms with E-state index >= 15 is 0 Å². The average Bonchev–Trinajstić information content (AvgIpc) is 2.34. The molecule has 6 heteroatoms. The molecule has 5 nitrogen and oxygen atoms in total. The van der Waals surface area contributed by atoms with Crippen LogP contribution in [-0.2, 0) is 9.59 Å². The normalized spacial score (nSPS) is 9.00. The number of amides is 2. The molecule has 0 unspecified atom stereocenters. The van der Waals surface area contributed by atoms with E-state index in [0.717, 1.165) is 5.69 Å². The van der Waals surface area contributed by atoms with Gasteiger partial charge in [0.15, 0.2) is 0 Å². The molecule has 0 aromatic heterocycles. The zero-order chi connectivity index (χ0) is 12.7. The van der Waals surface area contributed by atoms with Gasteiger partial charge in [-0.15, -0.1) is 12.4 Å². The maximum atomic E-state index is 11.4. The van der Waals surface area contributed by atoms with Crippen LogP contribution in [0.2, 0.25) is 0 Å². The van der Waals surface area contributed by atoms with Gasteiger partial charge in [0.2, 0.25) is 11.8 Å². The monoisotopic (exact) mass is 271 g/mol. The zero-order valence-electron chi connectivity index (χ0n) is 10.5. The first-order valence-electron chi connectivity index (χ1n) is 5.35. The van der Waals surface area contributed by atoms with E-state index in [1.165, 1.54) is 4.90 Å². The molecular weight excluding hydrogens is 254 g/mol. The van der Waals surface area contributed by atoms with Gasteiger partial charge in [0, 0.05) is 19.8 Å². The summed E-state index contributed by atoms with van der Waals surface area (Å²) in [5, 5.41) is 5.50. The summed E-state index contributed by atoms with van der Waals surface area (Å²) in [4.78, 5) is 24.0. The molecule has 100 valence electrons. The van der Waals surface area contributed by atoms with E-state index < -0.39 is 0 Å². The third kappa shape index (κ3) is 6.10. The molecule has 0 heterocycles. The smallest absolute Gasteiger partial charge is 0.241 e. The average molecular weight is 272 g/mol. The maximum Gasteiger partial charge on any atom is 0.241 e. The first kappa shape index (κ1) is 16.2. The highest BCUT2D eigenvalue weighted by molar-refractivity contribution is 5.86. The van der Waals surface area contributed by atoms with Crippen molar-refractivity contribution in [1.82, 2.24) is 10.2 Å². The fourth-order valence-electron chi connectivity index (χ4n) is 1.13. The van der Waals surface area contributed by atoms with Crippen LogP contribution in [0.15, 0.2) is 30.3 Å². The van der Waals surface area contributed by atoms with Crippen molar-refractivity contribution in [3.05, 3.63) is 30.3 Å². The Morgan fingerprint density at radius 2 is 1.72 bits per heavy atom. The van der Waals surface area contributed by atoms with Crippen LogP contribution in [0.3, 0.4) is 0 Å². The van der Waals surface area contributed by atoms with Crippen LogP contribution in [-0.4, -0.2) is 43.9 Å². The maximum absolute atomic E-state index is 11.4. The summed E-state index contributed by atoms with van der Waals surface area (Å²) in [7, 11) is 3.30. The van der Waals surface area contributed by atoms with Gasteiger partial charge in [0.25, 0.3) is 0 Å². The molecule has 0 aliphatic rings. The van der Waals surface area contributed by atoms with Crippen molar-refractivity contribution in [3.63, 3.8) is 0 Å². The van der Waals surface area contributed by atoms with Gasteiger partial charge in [-0.1, -0.05) is 18.2 Å². The second-order valence-corrected chi connectivity index (χ2v) is 3.78. The molecule has 0 saturated heterocycles. The topological polar surface area (TPSA) is 61.4 Å². The number of carbonyl (C=O) groups is 2. The van der Waals surface area contributed by atoms with Crippen LogP contribution < -0.4 is 10.6 Å². The molecule has 1 rings (SSSR count). The molecule has 0 spiro atoms. The predicted octanol–water partition coefficient (Wildman–Crippen LogP) is 0.725. The Hall–Kier alpha value is -1.75. The number of nitrogens with one attached hydrogen (secondary N) is 2. The summed E-state index contributed by atoms with van der Waals surface area (Å²) in [5.74, 6) is -0.331. The summed E-state index contributed by atoms with van der Waals surface area (Å²) in [5.41, 5.74) is 0.876. The number of hydrogen-bond acceptors (Lipinski definition) is 3. The minimum Gasteiger partial charge on any atom is -0.376 e. The van der Waals surface area contributed by atoms with Crippen molar-refractivity contribution in [2.24, 2.45) is 0 Å². The van der Waals surface area contributed by atoms with Gasteiger partial charge in [-0.3, -0.25) is 9.59 Å². The summed E-state index contributed by atoms with van der Waals surface area (Å²) in [6, 6.07) is 9.42. The molecule has 0 bridgehead atoms. The number of nitrogens with zero attached hydrogens (tertiary/aromatic N) is 1. The van der Waals surface area contributed by atoms with E-state index in [-0.39, 0.29) is 37.3 Å². The Kier molecular flexibility index (Phi) is 7.54. The Bertz CT molecular complexity index is 382. The first-order valence-corrected chi connectivity index (χ1v) is 5.35. The Balaban J connectivity index is 0.00000289. The second kappa shape index (κ2) is 8.36. The molecule has 1 aromatic carbocycles. The molecule has 0 saturated carbocycles. The summed E-state index contributed by atoms with van der Waals surface area (Å²) >= 11 is 0. The predicted molar refractivity (Wildman–Crippen MR) is 73.9 cm³/mol. The van der Waals surface area contributed by atoms with Gasteiger partial charge in [-0.2, -0.15) is 0 Å². The van der Waals surface area contributed by atoms with E-state index in [9.17, 15) is 9.59 Å². The van der Waals surface area contributed by atoms with Gasteiger partial charge < -0.3 is 15.5 Å². The fraction of sp³-hybridized carbons (Fsp3) is 0.333. The lowest BCUT2D eigenvalue weighted by Gasteiger charge is -2.11. The van der Waals surface area contributed by atoms with Crippen LogP contribution in [0.25, 0.3) is 0 Å². The van der Waals surface area contributed by atoms with Gasteiger partial charge in [0.05, 0.1) is 13.1 Å². The van der Waals surface area contributed by atoms with Crippen molar-refractivity contribution in [2.75, 3.05) is 32.5 Å². The number of likely N-dealkylation sites (N-methyl/N-ethyl adjacent to an activating group) is 1. The molecule has 0 aliphatic heterocycles. The lowest BCUT2D eigenvalue weighted by atomic mass is 10.3. The van der Waals surface area contributed by atoms with E-state index in [2.05, 4.69) is 10.6 Å². The molecule has 1 aromatic rings. The molecule has 0 atom stereocenters. The Labute approximate surface area is 113 Å². The van der Waals surface area contributed by atoms with Crippen molar-refractivity contribution in [2.45, 2.75) is 0 Å². The minimum atomic E-state index is -0.205. The third-order valence-corrected chi connectivity index (χ3v) is 2.16. The van der Waals surface area contributed by atoms with Crippen molar-refractivity contribution < 1.29 is 9.59 Å². The van der Waals surface area contributed by atoms with E-state index in [1.807, 2.05) is 30.3 Å². The van der Waals surface area contributed by atoms with Crippen molar-refractivity contribution in [3.8, 4) is 0 Å². The van der Waals surface area contributed by atoms with Crippen LogP contribution in [0.4, 0.5) is 5.69 Å². The number of para-hydroxylation sites is 1. The standard InChI is InChI=1S/C12H17N3O2.ClH/c1-15(2)12(17)9-14-11(16)8-13-10-6-4-3-5-7-10;/h3-7,13H,8-9H2,1-2H3,(H,14,16);1H. The quantitative estimate of drug-likeness (QED) is 0.830. The van der Waals surface area contributed by atoms with E-state index in [4.69, 9.17) is 0 Å². The van der Waals surface area contributed by atoms with Gasteiger partial charge in [-0.05, 0) is 12.1 Å². The largest absolute Gasteiger partial charge is 0.376 e. The molecule has 2 amide bonds. The summed E-state index contributed by atoms with van der Waals surface area (Å²) in [6.45, 7) is 0.188. The highest BCUT2D eigenvalue weighted by atomic mass is 35.5. The highest BCUT2D eigenvalue weighted by Crippen LogP contribution is 2.03. The molecule has 0 radical (unpaired) electrons. The van der Waals surface area contributed by atoms with Gasteiger partial charge >= 0.3 is 0 Å². The fourth-order valence-corrected chi connectivity index (χ4v) is 1.13. The molecular formula is C12H18ClN3O2. The number of halogens is 1. The van der Waals surface area contributed by atoms with Crippen molar-refractivity contribution in [1.29, 1.82) is 0 Å². The Morgan fingerprint density at radius 1 is 1.11 bits per heavy atom. The van der Waals surface area contributed by atoms with Crippen LogP contribution in [0.1, 0.15) is 0 Å². The lowest BCUT2D eigenvalue weighted by Crippen LogP contribution is -2.38. The Morgan fingerprint density at radius 3 is 2.28 bits per heavy atom. The molecule has 0 fully saturated rings. The van der Waals surface area contributed by atoms with Crippen molar-refractivity contribution >= 4 is 29.9 Å². The number of anilines is 1. The van der Waals surface area contributed by atoms with E-state index in [1.54, 1.807) is 14.1 Å². The van der Waals surface area contributed by atoms with Gasteiger partial charge in [-0.25, -0.2) is 0 Å². The summed E-state index contributed by atoms with van der Waals surface area (Å²) in [6.07, 6.45) is 0. The molecule has 18 heavy (non-hydrogen) atoms. The number of hydrogen-bond donors (Lipinski definition) is 2. The third-order valence-electron chi connectivity index (χ3n) is 2.16. The van der Waals surface area contributed by atoms with Crippen LogP contribution >= 0.6 is 12.4 Å². The highest BCUT2D eigenvalue weighted by Gasteiger charge is 2.06. The second-order valence-electron chi connectivity index (χ2n) is 3.78. The number of carbonyl (C=O) groups excluding carboxylic acids is 2.